The summed E-state index contributed by atoms with van der Waals surface area (Å²) in [6.45, 7) is 34.5. The molecule has 23 heteroatoms. The van der Waals surface area contributed by atoms with Gasteiger partial charge in [0.15, 0.2) is 24.4 Å². The molecule has 0 radical (unpaired) electrons. The maximum absolute atomic E-state index is 13.4. The first-order valence-electron chi connectivity index (χ1n) is 46.5. The minimum atomic E-state index is -1.21. The molecular weight excluding hydrogens is 1640 g/mol. The molecule has 1 saturated carbocycles. The second kappa shape index (κ2) is 37.7. The van der Waals surface area contributed by atoms with Crippen molar-refractivity contribution in [1.29, 1.82) is 0 Å². The summed E-state index contributed by atoms with van der Waals surface area (Å²) in [4.78, 5) is 100. The number of fused-ring (bicyclic) bond motifs is 16. The van der Waals surface area contributed by atoms with Crippen LogP contribution in [-0.4, -0.2) is 176 Å². The van der Waals surface area contributed by atoms with Crippen LogP contribution < -0.4 is 0 Å². The number of carbonyl (C=O) groups excluding carboxylic acids is 8. The van der Waals surface area contributed by atoms with Crippen LogP contribution >= 0.6 is 0 Å². The van der Waals surface area contributed by atoms with E-state index in [-0.39, 0.29) is 83.2 Å². The lowest BCUT2D eigenvalue weighted by Gasteiger charge is -2.50. The first-order valence-corrected chi connectivity index (χ1v) is 46.5. The summed E-state index contributed by atoms with van der Waals surface area (Å²) in [5, 5.41) is 28.3. The highest BCUT2D eigenvalue weighted by Crippen LogP contribution is 2.67. The lowest BCUT2D eigenvalue weighted by Crippen LogP contribution is -2.59. The minimum Gasteiger partial charge on any atom is -0.459 e. The fraction of sp³-hybridized carbons (Fsp3) is 0.566. The Morgan fingerprint density at radius 3 is 0.930 bits per heavy atom. The number of allylic oxidation sites excluding steroid dienone is 4. The smallest absolute Gasteiger partial charge is 0.335 e. The Morgan fingerprint density at radius 1 is 0.388 bits per heavy atom. The van der Waals surface area contributed by atoms with E-state index in [1.807, 2.05) is 158 Å². The van der Waals surface area contributed by atoms with Gasteiger partial charge >= 0.3 is 47.8 Å². The third kappa shape index (κ3) is 17.9. The fourth-order valence-electron chi connectivity index (χ4n) is 23.9. The zero-order valence-electron chi connectivity index (χ0n) is 78.1. The van der Waals surface area contributed by atoms with E-state index in [1.165, 1.54) is 65.5 Å². The Morgan fingerprint density at radius 2 is 0.659 bits per heavy atom. The lowest BCUT2D eigenvalue weighted by atomic mass is 9.74. The van der Waals surface area contributed by atoms with Gasteiger partial charge in [-0.15, -0.1) is 0 Å². The van der Waals surface area contributed by atoms with Crippen molar-refractivity contribution in [3.63, 3.8) is 0 Å². The standard InChI is InChI=1S/2C27H34O6.C26H32O6.C26H32O5/c1-15(2)27-13-21(31-22(29)14-28)26(4,33-27)20-11-10-16(3)23(20)24(27)32-25(30)19-12-18(19)17-8-6-5-7-9-17;1-16(2)27-15-21(31-25(30)18(4)28)26(5,33-27)20-13-11-17(3)23(20)24(27)32-22(29)14-12-19-9-7-6-8-10-19;1-16(2)26-14-20(30-22(29)15-27)25(4,32-26)19-12-10-17(3)23(19)24(26)31-21(28)13-11-18-8-6-5-7-9-18;1-16(2)26-15-21(29-18(4)27)25(5,31-26)20-13-11-17(3)23(20)24(26)30-22(28)14-12-19-9-7-6-8-10-19/h5-9,15,18-21,24,28H,10-14H2,1-4H3;6-10,12,14,16,18,20-21,24,28H,11,13,15H2,1-5H3;5-9,11,13,16,19-20,24,27H,10,12,14-15H2,1-4H3;6-10,12,14,16,20-21,24H,11,13,15H2,1-5H3/b;14-12+;13-11+;14-12+/t18?,19?,20-,21-,24+,26+,27-;18-,20-,21-,24+,26+,27-;19-,20-,24+,25+,26-;20-,21-,24+,25+,26-/m1111/s1. The first-order chi connectivity index (χ1) is 61.2. The summed E-state index contributed by atoms with van der Waals surface area (Å²) in [6, 6.07) is 39.0. The SMILES string of the molecule is CC(=O)O[C@@H]1C[C@]2(C(C)C)O[C@@]1(C)[C@@H]1CCC(C)=C1[C@@H]2OC(=O)/C=C/c1ccccc1.CC1=C2[C@@H](CC1)[C@]1(C)O[C@@](C(C)C)(C[C@H]1OC(=O)CO)[C@H]2OC(=O)/C=C/c1ccccc1.CC1=C2[C@@H](CC1)[C@]1(C)O[C@@](C(C)C)(C[C@H]1OC(=O)CO)[C@H]2OC(=O)C1CC1c1ccccc1.CC1=C2[C@@H](CC1)[C@]1(C)O[C@@](C(C)C)(C[C@H]1OC(=O)[C@@H](C)O)[C@H]2OC(=O)/C=C/c1ccccc1. The number of esters is 8. The molecule has 0 spiro atoms. The number of hydrogen-bond donors (Lipinski definition) is 3. The molecule has 8 bridgehead atoms. The number of carbonyl (C=O) groups is 8. The molecule has 8 saturated heterocycles. The number of ether oxygens (including phenoxy) is 12. The summed E-state index contributed by atoms with van der Waals surface area (Å²) in [5.41, 5.74) is 7.58. The average molecular weight is 1770 g/mol. The van der Waals surface area contributed by atoms with Crippen LogP contribution in [0.2, 0.25) is 0 Å². The maximum atomic E-state index is 13.4. The molecule has 694 valence electrons. The topological polar surface area (TPSA) is 308 Å². The maximum Gasteiger partial charge on any atom is 0.335 e. The van der Waals surface area contributed by atoms with Crippen LogP contribution in [0, 0.1) is 53.3 Å². The predicted octanol–water partition coefficient (Wildman–Crippen LogP) is 16.8. The highest BCUT2D eigenvalue weighted by molar-refractivity contribution is 5.89. The summed E-state index contributed by atoms with van der Waals surface area (Å²) in [5.74, 6) is -3.40. The van der Waals surface area contributed by atoms with Crippen molar-refractivity contribution in [2.45, 2.75) is 314 Å². The van der Waals surface area contributed by atoms with Gasteiger partial charge in [-0.2, -0.15) is 0 Å². The lowest BCUT2D eigenvalue weighted by molar-refractivity contribution is -0.225. The first kappa shape index (κ1) is 95.6. The van der Waals surface area contributed by atoms with Gasteiger partial charge in [0.1, 0.15) is 88.5 Å². The van der Waals surface area contributed by atoms with Crippen LogP contribution in [0.3, 0.4) is 0 Å². The predicted molar refractivity (Wildman–Crippen MR) is 483 cm³/mol. The molecule has 23 nitrogen and oxygen atoms in total. The van der Waals surface area contributed by atoms with Crippen molar-refractivity contribution >= 4 is 66.0 Å². The van der Waals surface area contributed by atoms with Crippen molar-refractivity contribution in [3.05, 3.63) is 206 Å². The molecule has 4 aromatic rings. The van der Waals surface area contributed by atoms with Crippen molar-refractivity contribution < 1.29 is 111 Å². The number of hydrogen-bond acceptors (Lipinski definition) is 23. The molecule has 0 aromatic heterocycles. The van der Waals surface area contributed by atoms with E-state index >= 15 is 0 Å². The van der Waals surface area contributed by atoms with Gasteiger partial charge in [0.2, 0.25) is 0 Å². The molecule has 8 heterocycles. The molecule has 2 unspecified atom stereocenters. The molecule has 3 N–H and O–H groups in total. The molecule has 4 aromatic carbocycles. The molecule has 5 aliphatic carbocycles. The molecule has 8 aliphatic heterocycles. The zero-order chi connectivity index (χ0) is 93.0. The molecule has 129 heavy (non-hydrogen) atoms. The normalized spacial score (nSPS) is 35.2. The van der Waals surface area contributed by atoms with Gasteiger partial charge in [0, 0.05) is 74.5 Å². The Labute approximate surface area is 759 Å². The van der Waals surface area contributed by atoms with E-state index in [0.29, 0.717) is 25.7 Å². The fourth-order valence-corrected chi connectivity index (χ4v) is 23.9. The van der Waals surface area contributed by atoms with Crippen LogP contribution in [-0.2, 0) is 95.2 Å². The van der Waals surface area contributed by atoms with Gasteiger partial charge in [-0.3, -0.25) is 9.59 Å². The largest absolute Gasteiger partial charge is 0.459 e. The van der Waals surface area contributed by atoms with Crippen LogP contribution in [0.25, 0.3) is 18.2 Å². The Kier molecular flexibility index (Phi) is 27.9. The third-order valence-corrected chi connectivity index (χ3v) is 31.1. The van der Waals surface area contributed by atoms with Crippen LogP contribution in [0.4, 0.5) is 0 Å². The van der Waals surface area contributed by atoms with Crippen molar-refractivity contribution in [3.8, 4) is 0 Å². The van der Waals surface area contributed by atoms with E-state index in [0.717, 1.165) is 91.2 Å². The number of rotatable bonds is 23. The molecule has 9 fully saturated rings. The van der Waals surface area contributed by atoms with Gasteiger partial charge in [0.05, 0.1) is 5.92 Å². The van der Waals surface area contributed by atoms with Crippen LogP contribution in [0.15, 0.2) is 184 Å². The Bertz CT molecular complexity index is 5100. The minimum absolute atomic E-state index is 0.00447. The van der Waals surface area contributed by atoms with Gasteiger partial charge in [0.25, 0.3) is 0 Å². The van der Waals surface area contributed by atoms with Gasteiger partial charge in [-0.05, 0) is 212 Å². The Balaban J connectivity index is 0.000000139. The summed E-state index contributed by atoms with van der Waals surface area (Å²) < 4.78 is 74.8. The molecular formula is C106H132O23. The average Bonchev–Trinajstić information content (AvgIpc) is 1.55. The highest BCUT2D eigenvalue weighted by Gasteiger charge is 2.75. The van der Waals surface area contributed by atoms with Gasteiger partial charge in [-0.1, -0.05) is 199 Å². The summed E-state index contributed by atoms with van der Waals surface area (Å²) in [6.07, 6.45) is 14.2. The summed E-state index contributed by atoms with van der Waals surface area (Å²) >= 11 is 0. The van der Waals surface area contributed by atoms with Crippen LogP contribution in [0.5, 0.6) is 0 Å². The van der Waals surface area contributed by atoms with E-state index < -0.39 is 137 Å². The molecule has 23 atom stereocenters. The van der Waals surface area contributed by atoms with E-state index in [4.69, 9.17) is 56.8 Å². The van der Waals surface area contributed by atoms with E-state index in [9.17, 15) is 53.7 Å². The van der Waals surface area contributed by atoms with E-state index in [1.54, 1.807) is 18.2 Å². The van der Waals surface area contributed by atoms with Gasteiger partial charge in [-0.25, -0.2) is 28.8 Å². The van der Waals surface area contributed by atoms with Crippen molar-refractivity contribution in [2.24, 2.45) is 53.3 Å². The van der Waals surface area contributed by atoms with Crippen molar-refractivity contribution in [1.82, 2.24) is 0 Å². The number of aliphatic hydroxyl groups is 3. The van der Waals surface area contributed by atoms with Crippen molar-refractivity contribution in [2.75, 3.05) is 13.2 Å². The number of aliphatic hydroxyl groups excluding tert-OH is 3. The highest BCUT2D eigenvalue weighted by atomic mass is 16.7. The quantitative estimate of drug-likeness (QED) is 0.0269. The Hall–Kier alpha value is -9.46. The van der Waals surface area contributed by atoms with Crippen LogP contribution in [0.1, 0.15) is 236 Å². The molecule has 17 rings (SSSR count). The zero-order valence-corrected chi connectivity index (χ0v) is 78.1. The second-order valence-corrected chi connectivity index (χ2v) is 40.0. The second-order valence-electron chi connectivity index (χ2n) is 40.0. The van der Waals surface area contributed by atoms with Gasteiger partial charge < -0.3 is 72.2 Å². The molecule has 0 amide bonds. The molecule has 13 aliphatic rings. The number of benzene rings is 4. The third-order valence-electron chi connectivity index (χ3n) is 31.1. The summed E-state index contributed by atoms with van der Waals surface area (Å²) in [7, 11) is 0. The van der Waals surface area contributed by atoms with E-state index in [2.05, 4.69) is 74.4 Å². The monoisotopic (exact) mass is 1770 g/mol.